The molecule has 1 amide bonds. The van der Waals surface area contributed by atoms with Crippen molar-refractivity contribution in [1.82, 2.24) is 10.2 Å². The molecule has 33 heavy (non-hydrogen) atoms. The highest BCUT2D eigenvalue weighted by atomic mass is 16.5. The largest absolute Gasteiger partial charge is 0.402 e. The maximum Gasteiger partial charge on any atom is 0.249 e. The number of carbonyl (C=O) groups excluding carboxylic acids is 1. The highest BCUT2D eigenvalue weighted by molar-refractivity contribution is 6.02. The molecule has 0 bridgehead atoms. The van der Waals surface area contributed by atoms with Gasteiger partial charge in [-0.15, -0.1) is 0 Å². The first-order chi connectivity index (χ1) is 15.8. The predicted molar refractivity (Wildman–Crippen MR) is 139 cm³/mol. The lowest BCUT2D eigenvalue weighted by Gasteiger charge is -2.26. The number of nitrogens with one attached hydrogen (secondary N) is 1. The fourth-order valence-corrected chi connectivity index (χ4v) is 3.23. The Balaban J connectivity index is 0.000000334. The van der Waals surface area contributed by atoms with Crippen molar-refractivity contribution in [2.75, 3.05) is 39.9 Å². The molecule has 1 heterocycles. The first-order valence-corrected chi connectivity index (χ1v) is 11.7. The topological polar surface area (TPSA) is 80.0 Å². The number of hydrogen-bond donors (Lipinski definition) is 2. The van der Waals surface area contributed by atoms with Crippen LogP contribution in [0.5, 0.6) is 0 Å². The lowest BCUT2D eigenvalue weighted by Crippen LogP contribution is -2.37. The first kappa shape index (κ1) is 28.3. The molecule has 182 valence electrons. The predicted octanol–water partition coefficient (Wildman–Crippen LogP) is 4.17. The number of hydrogen-bond acceptors (Lipinski definition) is 5. The van der Waals surface area contributed by atoms with Gasteiger partial charge in [0.25, 0.3) is 0 Å². The molecule has 6 heteroatoms. The van der Waals surface area contributed by atoms with Crippen LogP contribution in [0.1, 0.15) is 45.2 Å². The van der Waals surface area contributed by atoms with Gasteiger partial charge in [0.1, 0.15) is 0 Å². The summed E-state index contributed by atoms with van der Waals surface area (Å²) in [5.74, 6) is -0.223. The van der Waals surface area contributed by atoms with Crippen LogP contribution in [0.2, 0.25) is 0 Å². The van der Waals surface area contributed by atoms with E-state index < -0.39 is 0 Å². The van der Waals surface area contributed by atoms with Crippen molar-refractivity contribution in [3.8, 4) is 0 Å². The van der Waals surface area contributed by atoms with Gasteiger partial charge in [-0.3, -0.25) is 14.7 Å². The summed E-state index contributed by atoms with van der Waals surface area (Å²) in [6.45, 7) is 14.8. The number of carbonyl (C=O) groups is 1. The minimum atomic E-state index is -0.223. The van der Waals surface area contributed by atoms with E-state index in [-0.39, 0.29) is 5.91 Å². The van der Waals surface area contributed by atoms with Crippen molar-refractivity contribution in [3.05, 3.63) is 70.6 Å². The van der Waals surface area contributed by atoms with Crippen LogP contribution < -0.4 is 11.1 Å². The number of ether oxygens (including phenoxy) is 1. The molecule has 0 radical (unpaired) electrons. The zero-order valence-corrected chi connectivity index (χ0v) is 21.3. The summed E-state index contributed by atoms with van der Waals surface area (Å²) >= 11 is 0. The molecule has 0 saturated carbocycles. The minimum Gasteiger partial charge on any atom is -0.402 e. The SMILES string of the molecule is CC/C=C\C(C(C)=NC)=C(/C)NC(=O)/C=C(/C)N.Cc1ccc(CCN2CCOCC2)cc1. The number of nitrogens with zero attached hydrogens (tertiary/aromatic N) is 2. The number of nitrogens with two attached hydrogens (primary N) is 1. The highest BCUT2D eigenvalue weighted by Crippen LogP contribution is 2.08. The number of aliphatic imine (C=N–C) groups is 1. The smallest absolute Gasteiger partial charge is 0.249 e. The summed E-state index contributed by atoms with van der Waals surface area (Å²) in [5.41, 5.74) is 11.3. The van der Waals surface area contributed by atoms with Crippen LogP contribution in [0.3, 0.4) is 0 Å². The van der Waals surface area contributed by atoms with E-state index in [1.807, 2.05) is 26.0 Å². The number of aryl methyl sites for hydroxylation is 1. The van der Waals surface area contributed by atoms with Crippen LogP contribution in [0.15, 0.2) is 64.5 Å². The fourth-order valence-electron chi connectivity index (χ4n) is 3.23. The van der Waals surface area contributed by atoms with Gasteiger partial charge in [-0.1, -0.05) is 48.9 Å². The zero-order valence-electron chi connectivity index (χ0n) is 21.3. The Morgan fingerprint density at radius 3 is 2.36 bits per heavy atom. The van der Waals surface area contributed by atoms with Crippen LogP contribution in [0, 0.1) is 6.92 Å². The minimum absolute atomic E-state index is 0.223. The summed E-state index contributed by atoms with van der Waals surface area (Å²) < 4.78 is 5.33. The van der Waals surface area contributed by atoms with E-state index in [0.29, 0.717) is 5.70 Å². The molecule has 0 unspecified atom stereocenters. The highest BCUT2D eigenvalue weighted by Gasteiger charge is 2.09. The van der Waals surface area contributed by atoms with Gasteiger partial charge >= 0.3 is 0 Å². The zero-order chi connectivity index (χ0) is 24.6. The molecule has 2 rings (SSSR count). The van der Waals surface area contributed by atoms with Crippen molar-refractivity contribution in [3.63, 3.8) is 0 Å². The molecule has 1 saturated heterocycles. The third-order valence-electron chi connectivity index (χ3n) is 5.26. The van der Waals surface area contributed by atoms with E-state index in [1.54, 1.807) is 14.0 Å². The molecule has 1 aromatic carbocycles. The molecule has 0 atom stereocenters. The Morgan fingerprint density at radius 2 is 1.82 bits per heavy atom. The van der Waals surface area contributed by atoms with Crippen molar-refractivity contribution < 1.29 is 9.53 Å². The molecular weight excluding hydrogens is 412 g/mol. The summed E-state index contributed by atoms with van der Waals surface area (Å²) in [7, 11) is 1.73. The summed E-state index contributed by atoms with van der Waals surface area (Å²) in [5, 5.41) is 2.79. The van der Waals surface area contributed by atoms with Crippen LogP contribution in [0.4, 0.5) is 0 Å². The van der Waals surface area contributed by atoms with E-state index in [0.717, 1.165) is 62.7 Å². The summed E-state index contributed by atoms with van der Waals surface area (Å²) in [6, 6.07) is 8.84. The Hall–Kier alpha value is -2.70. The summed E-state index contributed by atoms with van der Waals surface area (Å²) in [4.78, 5) is 18.2. The van der Waals surface area contributed by atoms with E-state index in [9.17, 15) is 4.79 Å². The standard InChI is InChI=1S/C14H23N3O.C13H19NO/c1-6-7-8-13(11(3)16-5)12(4)17-14(18)9-10(2)15;1-12-2-4-13(5-3-12)6-7-14-8-10-15-11-9-14/h7-9H,6,15H2,1-5H3,(H,17,18);2-5H,6-11H2,1H3/b8-7-,10-9-,13-12-,16-11?;. The number of benzene rings is 1. The second-order valence-corrected chi connectivity index (χ2v) is 8.23. The number of allylic oxidation sites excluding steroid dienone is 5. The Labute approximate surface area is 200 Å². The van der Waals surface area contributed by atoms with Crippen LogP contribution in [-0.2, 0) is 16.0 Å². The van der Waals surface area contributed by atoms with Crippen LogP contribution in [-0.4, -0.2) is 56.4 Å². The van der Waals surface area contributed by atoms with E-state index in [2.05, 4.69) is 53.3 Å². The summed E-state index contributed by atoms with van der Waals surface area (Å²) in [6.07, 6.45) is 7.45. The molecular formula is C27H42N4O2. The van der Waals surface area contributed by atoms with Gasteiger partial charge in [-0.25, -0.2) is 0 Å². The maximum absolute atomic E-state index is 11.6. The molecule has 1 aliphatic rings. The van der Waals surface area contributed by atoms with Gasteiger partial charge in [0.15, 0.2) is 0 Å². The van der Waals surface area contributed by atoms with Gasteiger partial charge in [0, 0.05) is 55.4 Å². The fraction of sp³-hybridized carbons (Fsp3) is 0.481. The average Bonchev–Trinajstić information content (AvgIpc) is 2.79. The van der Waals surface area contributed by atoms with Crippen molar-refractivity contribution in [2.45, 2.75) is 47.5 Å². The normalized spacial score (nSPS) is 16.2. The number of amides is 1. The molecule has 0 spiro atoms. The number of morpholine rings is 1. The average molecular weight is 455 g/mol. The van der Waals surface area contributed by atoms with E-state index in [4.69, 9.17) is 10.5 Å². The van der Waals surface area contributed by atoms with Crippen LogP contribution in [0.25, 0.3) is 0 Å². The molecule has 0 aromatic heterocycles. The van der Waals surface area contributed by atoms with E-state index in [1.165, 1.54) is 17.2 Å². The molecule has 0 aliphatic carbocycles. The van der Waals surface area contributed by atoms with E-state index >= 15 is 0 Å². The van der Waals surface area contributed by atoms with Gasteiger partial charge < -0.3 is 15.8 Å². The monoisotopic (exact) mass is 454 g/mol. The van der Waals surface area contributed by atoms with Gasteiger partial charge in [-0.05, 0) is 46.1 Å². The lowest BCUT2D eigenvalue weighted by atomic mass is 10.1. The quantitative estimate of drug-likeness (QED) is 0.351. The lowest BCUT2D eigenvalue weighted by molar-refractivity contribution is -0.115. The number of rotatable bonds is 8. The Morgan fingerprint density at radius 1 is 1.18 bits per heavy atom. The molecule has 1 fully saturated rings. The van der Waals surface area contributed by atoms with Gasteiger partial charge in [0.2, 0.25) is 5.91 Å². The first-order valence-electron chi connectivity index (χ1n) is 11.7. The Kier molecular flexibility index (Phi) is 13.7. The second kappa shape index (κ2) is 16.0. The van der Waals surface area contributed by atoms with Gasteiger partial charge in [-0.2, -0.15) is 0 Å². The van der Waals surface area contributed by atoms with Crippen molar-refractivity contribution in [1.29, 1.82) is 0 Å². The van der Waals surface area contributed by atoms with Crippen LogP contribution >= 0.6 is 0 Å². The van der Waals surface area contributed by atoms with Crippen molar-refractivity contribution in [2.24, 2.45) is 10.7 Å². The maximum atomic E-state index is 11.6. The molecule has 1 aromatic rings. The molecule has 6 nitrogen and oxygen atoms in total. The van der Waals surface area contributed by atoms with Gasteiger partial charge in [0.05, 0.1) is 13.2 Å². The second-order valence-electron chi connectivity index (χ2n) is 8.23. The molecule has 1 aliphatic heterocycles. The Bertz CT molecular complexity index is 841. The molecule has 3 N–H and O–H groups in total. The third kappa shape index (κ3) is 12.2. The third-order valence-corrected chi connectivity index (χ3v) is 5.26. The van der Waals surface area contributed by atoms with Crippen molar-refractivity contribution >= 4 is 11.6 Å².